The van der Waals surface area contributed by atoms with Crippen LogP contribution in [0.25, 0.3) is 0 Å². The van der Waals surface area contributed by atoms with Crippen LogP contribution in [0.4, 0.5) is 0 Å². The second-order valence-electron chi connectivity index (χ2n) is 8.72. The van der Waals surface area contributed by atoms with Crippen molar-refractivity contribution in [1.29, 1.82) is 0 Å². The van der Waals surface area contributed by atoms with Gasteiger partial charge in [-0.25, -0.2) is 0 Å². The van der Waals surface area contributed by atoms with E-state index in [4.69, 9.17) is 9.15 Å². The van der Waals surface area contributed by atoms with Crippen LogP contribution in [0.5, 0.6) is 0 Å². The zero-order valence-electron chi connectivity index (χ0n) is 18.5. The first-order valence-electron chi connectivity index (χ1n) is 12.2. The fraction of sp³-hybridized carbons (Fsp3) is 0.833. The van der Waals surface area contributed by atoms with Gasteiger partial charge in [0.25, 0.3) is 0 Å². The van der Waals surface area contributed by atoms with Gasteiger partial charge in [-0.3, -0.25) is 4.90 Å². The van der Waals surface area contributed by atoms with Crippen molar-refractivity contribution in [2.24, 2.45) is 0 Å². The van der Waals surface area contributed by atoms with Crippen molar-refractivity contribution in [3.8, 4) is 0 Å². The van der Waals surface area contributed by atoms with E-state index in [0.29, 0.717) is 0 Å². The van der Waals surface area contributed by atoms with Crippen LogP contribution in [0.1, 0.15) is 83.3 Å². The highest BCUT2D eigenvalue weighted by Crippen LogP contribution is 2.17. The predicted molar refractivity (Wildman–Crippen MR) is 123 cm³/mol. The summed E-state index contributed by atoms with van der Waals surface area (Å²) in [6.45, 7) is 7.66. The highest BCUT2D eigenvalue weighted by atomic mass is 28.3. The van der Waals surface area contributed by atoms with E-state index in [2.05, 4.69) is 24.0 Å². The van der Waals surface area contributed by atoms with Gasteiger partial charge in [-0.15, -0.1) is 0 Å². The average Bonchev–Trinajstić information content (AvgIpc) is 3.23. The Balaban J connectivity index is 1.54. The summed E-state index contributed by atoms with van der Waals surface area (Å²) in [6, 6.07) is 8.46. The molecule has 0 bridgehead atoms. The zero-order chi connectivity index (χ0) is 19.7. The summed E-state index contributed by atoms with van der Waals surface area (Å²) in [4.78, 5) is 2.59. The Morgan fingerprint density at radius 1 is 0.857 bits per heavy atom. The molecule has 1 saturated heterocycles. The first-order valence-corrected chi connectivity index (χ1v) is 14.7. The Morgan fingerprint density at radius 3 is 2.14 bits per heavy atom. The standard InChI is InChI=1S/C24H45NO2Si/c1-2-3-4-5-6-7-8-9-10-11-21-28(23-24-14-12-18-27-24)22-13-15-25-16-19-26-20-17-25/h12,14,18,28H,2-11,13,15-17,19-23H2,1H3. The van der Waals surface area contributed by atoms with Gasteiger partial charge in [0.1, 0.15) is 5.76 Å². The minimum Gasteiger partial charge on any atom is -0.470 e. The largest absolute Gasteiger partial charge is 0.470 e. The average molecular weight is 408 g/mol. The molecule has 4 heteroatoms. The minimum atomic E-state index is -0.728. The first-order chi connectivity index (χ1) is 13.9. The van der Waals surface area contributed by atoms with Gasteiger partial charge < -0.3 is 9.15 Å². The number of nitrogens with zero attached hydrogens (tertiary/aromatic N) is 1. The lowest BCUT2D eigenvalue weighted by molar-refractivity contribution is 0.0380. The molecule has 0 aliphatic carbocycles. The van der Waals surface area contributed by atoms with Crippen molar-refractivity contribution in [3.05, 3.63) is 24.2 Å². The third-order valence-electron chi connectivity index (χ3n) is 6.23. The lowest BCUT2D eigenvalue weighted by Crippen LogP contribution is -2.37. The molecule has 0 aromatic carbocycles. The summed E-state index contributed by atoms with van der Waals surface area (Å²) < 4.78 is 11.1. The SMILES string of the molecule is CCCCCCCCCCCC[SiH](CCCN1CCOCC1)Cc1ccco1. The molecule has 3 nitrogen and oxygen atoms in total. The Morgan fingerprint density at radius 2 is 1.50 bits per heavy atom. The van der Waals surface area contributed by atoms with E-state index in [-0.39, 0.29) is 0 Å². The molecule has 1 aliphatic heterocycles. The molecule has 0 saturated carbocycles. The molecule has 0 amide bonds. The van der Waals surface area contributed by atoms with Gasteiger partial charge in [0, 0.05) is 21.9 Å². The van der Waals surface area contributed by atoms with E-state index in [9.17, 15) is 0 Å². The molecule has 1 atom stereocenters. The Labute approximate surface area is 175 Å². The van der Waals surface area contributed by atoms with Gasteiger partial charge in [-0.2, -0.15) is 0 Å². The van der Waals surface area contributed by atoms with Crippen LogP contribution in [0.3, 0.4) is 0 Å². The molecule has 0 radical (unpaired) electrons. The third kappa shape index (κ3) is 11.4. The molecule has 28 heavy (non-hydrogen) atoms. The lowest BCUT2D eigenvalue weighted by atomic mass is 10.1. The van der Waals surface area contributed by atoms with Crippen molar-refractivity contribution in [3.63, 3.8) is 0 Å². The molecule has 0 spiro atoms. The number of rotatable bonds is 17. The van der Waals surface area contributed by atoms with E-state index in [1.807, 2.05) is 6.26 Å². The molecular weight excluding hydrogens is 362 g/mol. The van der Waals surface area contributed by atoms with Crippen LogP contribution in [0.15, 0.2) is 22.8 Å². The molecule has 0 N–H and O–H groups in total. The lowest BCUT2D eigenvalue weighted by Gasteiger charge is -2.27. The number of hydrogen-bond acceptors (Lipinski definition) is 3. The summed E-state index contributed by atoms with van der Waals surface area (Å²) in [5.74, 6) is 1.23. The molecule has 1 fully saturated rings. The maximum atomic E-state index is 5.67. The smallest absolute Gasteiger partial charge is 0.100 e. The van der Waals surface area contributed by atoms with E-state index in [1.165, 1.54) is 101 Å². The van der Waals surface area contributed by atoms with E-state index in [1.54, 1.807) is 0 Å². The van der Waals surface area contributed by atoms with Crippen LogP contribution in [0, 0.1) is 0 Å². The minimum absolute atomic E-state index is 0.728. The molecule has 2 rings (SSSR count). The molecule has 2 heterocycles. The molecule has 162 valence electrons. The van der Waals surface area contributed by atoms with Crippen molar-refractivity contribution in [2.75, 3.05) is 32.8 Å². The van der Waals surface area contributed by atoms with Crippen molar-refractivity contribution >= 4 is 8.80 Å². The second-order valence-corrected chi connectivity index (χ2v) is 12.0. The summed E-state index contributed by atoms with van der Waals surface area (Å²) in [5.41, 5.74) is 0. The second kappa shape index (κ2) is 16.2. The van der Waals surface area contributed by atoms with Crippen molar-refractivity contribution in [2.45, 2.75) is 95.7 Å². The highest BCUT2D eigenvalue weighted by Gasteiger charge is 2.15. The number of furan rings is 1. The topological polar surface area (TPSA) is 25.6 Å². The molecule has 1 aliphatic rings. The first kappa shape index (κ1) is 23.7. The van der Waals surface area contributed by atoms with E-state index in [0.717, 1.165) is 26.3 Å². The number of unbranched alkanes of at least 4 members (excludes halogenated alkanes) is 9. The van der Waals surface area contributed by atoms with Crippen molar-refractivity contribution < 1.29 is 9.15 Å². The Bertz CT molecular complexity index is 445. The van der Waals surface area contributed by atoms with Crippen LogP contribution in [-0.4, -0.2) is 46.5 Å². The summed E-state index contributed by atoms with van der Waals surface area (Å²) in [5, 5.41) is 0. The maximum Gasteiger partial charge on any atom is 0.100 e. The van der Waals surface area contributed by atoms with Gasteiger partial charge in [-0.05, 0) is 31.1 Å². The van der Waals surface area contributed by atoms with Crippen molar-refractivity contribution in [1.82, 2.24) is 4.90 Å². The summed E-state index contributed by atoms with van der Waals surface area (Å²) >= 11 is 0. The predicted octanol–water partition coefficient (Wildman–Crippen LogP) is 6.23. The number of ether oxygens (including phenoxy) is 1. The van der Waals surface area contributed by atoms with Crippen LogP contribution >= 0.6 is 0 Å². The fourth-order valence-electron chi connectivity index (χ4n) is 4.41. The maximum absolute atomic E-state index is 5.67. The zero-order valence-corrected chi connectivity index (χ0v) is 19.7. The number of morpholine rings is 1. The molecule has 1 aromatic heterocycles. The van der Waals surface area contributed by atoms with E-state index >= 15 is 0 Å². The molecule has 1 aromatic rings. The highest BCUT2D eigenvalue weighted by molar-refractivity contribution is 6.58. The van der Waals surface area contributed by atoms with Crippen LogP contribution < -0.4 is 0 Å². The monoisotopic (exact) mass is 407 g/mol. The van der Waals surface area contributed by atoms with Gasteiger partial charge in [-0.1, -0.05) is 83.2 Å². The van der Waals surface area contributed by atoms with E-state index < -0.39 is 8.80 Å². The van der Waals surface area contributed by atoms with Crippen LogP contribution in [0.2, 0.25) is 12.1 Å². The molecular formula is C24H45NO2Si. The summed E-state index contributed by atoms with van der Waals surface area (Å²) in [6.07, 6.45) is 17.6. The number of hydrogen-bond donors (Lipinski definition) is 0. The van der Waals surface area contributed by atoms with Gasteiger partial charge >= 0.3 is 0 Å². The van der Waals surface area contributed by atoms with Gasteiger partial charge in [0.2, 0.25) is 0 Å². The normalized spacial score (nSPS) is 16.5. The van der Waals surface area contributed by atoms with Gasteiger partial charge in [0.05, 0.1) is 19.5 Å². The quantitative estimate of drug-likeness (QED) is 0.226. The Kier molecular flexibility index (Phi) is 13.7. The van der Waals surface area contributed by atoms with Crippen LogP contribution in [-0.2, 0) is 10.8 Å². The summed E-state index contributed by atoms with van der Waals surface area (Å²) in [7, 11) is -0.728. The Hall–Kier alpha value is -0.583. The van der Waals surface area contributed by atoms with Gasteiger partial charge in [0.15, 0.2) is 0 Å². The fourth-order valence-corrected chi connectivity index (χ4v) is 7.53. The molecule has 1 unspecified atom stereocenters. The third-order valence-corrected chi connectivity index (χ3v) is 9.66.